The molecule has 2 atom stereocenters. The van der Waals surface area contributed by atoms with Crippen molar-refractivity contribution < 1.29 is 27.1 Å². The second-order valence-electron chi connectivity index (χ2n) is 11.3. The quantitative estimate of drug-likeness (QED) is 0.353. The fourth-order valence-corrected chi connectivity index (χ4v) is 7.03. The van der Waals surface area contributed by atoms with Crippen LogP contribution >= 0.6 is 0 Å². The van der Waals surface area contributed by atoms with Gasteiger partial charge in [0.05, 0.1) is 29.1 Å². The minimum Gasteiger partial charge on any atom is -0.390 e. The number of rotatable bonds is 9. The van der Waals surface area contributed by atoms with Crippen LogP contribution in [0, 0.1) is 0 Å². The standard InChI is InChI=1S/C30H38F2N4O4S/c1-3-21-19-36-13-14-41(39,40)35(2)26-17-22(16-24(21)28(26)36)29(38)34-25(15-20-7-5-4-6-8-20)27(37)18-33-23-9-11-30(31,32)12-10-23/h4-8,16-17,19,23,25,27,33,37H,3,9-15,18H2,1-2H3,(H,34,38)/t25-,27+/m0/s1. The lowest BCUT2D eigenvalue weighted by molar-refractivity contribution is -0.0412. The molecule has 1 fully saturated rings. The van der Waals surface area contributed by atoms with Crippen molar-refractivity contribution >= 4 is 32.5 Å². The van der Waals surface area contributed by atoms with E-state index in [1.807, 2.05) is 48.0 Å². The van der Waals surface area contributed by atoms with E-state index in [-0.39, 0.29) is 31.2 Å². The van der Waals surface area contributed by atoms with Gasteiger partial charge in [-0.3, -0.25) is 9.10 Å². The molecule has 1 aliphatic heterocycles. The molecule has 0 radical (unpaired) electrons. The van der Waals surface area contributed by atoms with Gasteiger partial charge < -0.3 is 20.3 Å². The van der Waals surface area contributed by atoms with E-state index >= 15 is 0 Å². The summed E-state index contributed by atoms with van der Waals surface area (Å²) in [6.07, 6.45) is 2.35. The number of amides is 1. The van der Waals surface area contributed by atoms with E-state index in [1.54, 1.807) is 12.1 Å². The number of aryl methyl sites for hydroxylation is 2. The number of alkyl halides is 2. The van der Waals surface area contributed by atoms with E-state index in [0.29, 0.717) is 37.1 Å². The highest BCUT2D eigenvalue weighted by Gasteiger charge is 2.35. The van der Waals surface area contributed by atoms with Crippen LogP contribution in [-0.2, 0) is 29.4 Å². The molecule has 0 saturated heterocycles. The number of carbonyl (C=O) groups excluding carboxylic acids is 1. The SMILES string of the molecule is CCc1cn2c3c(cc(C(=O)N[C@@H](Cc4ccccc4)[C@H](O)CNC4CCC(F)(F)CC4)cc13)N(C)S(=O)(=O)CC2. The molecular formula is C30H38F2N4O4S. The second-order valence-corrected chi connectivity index (χ2v) is 13.4. The number of carbonyl (C=O) groups is 1. The summed E-state index contributed by atoms with van der Waals surface area (Å²) in [5.41, 5.74) is 3.47. The van der Waals surface area contributed by atoms with Crippen LogP contribution in [-0.4, -0.2) is 67.5 Å². The molecule has 1 saturated carbocycles. The largest absolute Gasteiger partial charge is 0.390 e. The Labute approximate surface area is 239 Å². The van der Waals surface area contributed by atoms with Gasteiger partial charge in [0.2, 0.25) is 15.9 Å². The van der Waals surface area contributed by atoms with Gasteiger partial charge >= 0.3 is 0 Å². The Morgan fingerprint density at radius 1 is 1.17 bits per heavy atom. The van der Waals surface area contributed by atoms with Crippen LogP contribution in [0.15, 0.2) is 48.7 Å². The number of hydrogen-bond acceptors (Lipinski definition) is 5. The molecule has 1 aromatic heterocycles. The van der Waals surface area contributed by atoms with Gasteiger partial charge in [-0.15, -0.1) is 0 Å². The lowest BCUT2D eigenvalue weighted by atomic mass is 9.92. The van der Waals surface area contributed by atoms with E-state index in [1.165, 1.54) is 11.4 Å². The van der Waals surface area contributed by atoms with Gasteiger partial charge in [-0.1, -0.05) is 37.3 Å². The van der Waals surface area contributed by atoms with Gasteiger partial charge in [0.25, 0.3) is 5.91 Å². The Balaban J connectivity index is 1.40. The van der Waals surface area contributed by atoms with E-state index in [2.05, 4.69) is 10.6 Å². The smallest absolute Gasteiger partial charge is 0.251 e. The summed E-state index contributed by atoms with van der Waals surface area (Å²) in [7, 11) is -2.05. The van der Waals surface area contributed by atoms with Crippen LogP contribution in [0.5, 0.6) is 0 Å². The van der Waals surface area contributed by atoms with Gasteiger partial charge in [0, 0.05) is 56.2 Å². The van der Waals surface area contributed by atoms with Crippen LogP contribution in [0.2, 0.25) is 0 Å². The summed E-state index contributed by atoms with van der Waals surface area (Å²) in [6, 6.07) is 12.1. The first-order chi connectivity index (χ1) is 19.5. The van der Waals surface area contributed by atoms with Gasteiger partial charge in [0.1, 0.15) is 0 Å². The number of aliphatic hydroxyl groups excluding tert-OH is 1. The normalized spacial score (nSPS) is 20.0. The zero-order chi connectivity index (χ0) is 29.4. The van der Waals surface area contributed by atoms with Crippen LogP contribution < -0.4 is 14.9 Å². The predicted molar refractivity (Wildman–Crippen MR) is 156 cm³/mol. The van der Waals surface area contributed by atoms with Crippen LogP contribution in [0.25, 0.3) is 10.9 Å². The average Bonchev–Trinajstić information content (AvgIpc) is 3.28. The number of benzene rings is 2. The van der Waals surface area contributed by atoms with Crippen molar-refractivity contribution in [2.24, 2.45) is 0 Å². The minimum atomic E-state index is -3.56. The van der Waals surface area contributed by atoms with Crippen molar-refractivity contribution in [2.75, 3.05) is 23.7 Å². The highest BCUT2D eigenvalue weighted by molar-refractivity contribution is 7.92. The van der Waals surface area contributed by atoms with Gasteiger partial charge in [-0.2, -0.15) is 0 Å². The molecule has 2 heterocycles. The monoisotopic (exact) mass is 588 g/mol. The second kappa shape index (κ2) is 11.7. The van der Waals surface area contributed by atoms with Gasteiger partial charge in [-0.05, 0) is 48.9 Å². The van der Waals surface area contributed by atoms with E-state index in [9.17, 15) is 27.1 Å². The van der Waals surface area contributed by atoms with E-state index < -0.39 is 34.0 Å². The molecular weight excluding hydrogens is 550 g/mol. The molecule has 222 valence electrons. The molecule has 5 rings (SSSR count). The maximum Gasteiger partial charge on any atom is 0.251 e. The molecule has 2 aliphatic rings. The lowest BCUT2D eigenvalue weighted by Gasteiger charge is -2.31. The Kier molecular flexibility index (Phi) is 8.41. The Hall–Kier alpha value is -3.02. The van der Waals surface area contributed by atoms with Crippen molar-refractivity contribution in [2.45, 2.75) is 76.1 Å². The average molecular weight is 589 g/mol. The number of sulfonamides is 1. The summed E-state index contributed by atoms with van der Waals surface area (Å²) >= 11 is 0. The number of nitrogens with zero attached hydrogens (tertiary/aromatic N) is 2. The Morgan fingerprint density at radius 2 is 1.88 bits per heavy atom. The first-order valence-electron chi connectivity index (χ1n) is 14.2. The van der Waals surface area contributed by atoms with Gasteiger partial charge in [0.15, 0.2) is 0 Å². The molecule has 3 aromatic rings. The molecule has 0 unspecified atom stereocenters. The number of aliphatic hydroxyl groups is 1. The molecule has 8 nitrogen and oxygen atoms in total. The summed E-state index contributed by atoms with van der Waals surface area (Å²) < 4.78 is 56.1. The Morgan fingerprint density at radius 3 is 2.56 bits per heavy atom. The highest BCUT2D eigenvalue weighted by atomic mass is 32.2. The third-order valence-electron chi connectivity index (χ3n) is 8.44. The molecule has 3 N–H and O–H groups in total. The topological polar surface area (TPSA) is 104 Å². The van der Waals surface area contributed by atoms with Crippen molar-refractivity contribution in [3.8, 4) is 0 Å². The highest BCUT2D eigenvalue weighted by Crippen LogP contribution is 2.36. The molecule has 0 bridgehead atoms. The van der Waals surface area contributed by atoms with Crippen LogP contribution in [0.4, 0.5) is 14.5 Å². The number of halogens is 2. The fourth-order valence-electron chi connectivity index (χ4n) is 5.89. The van der Waals surface area contributed by atoms with E-state index in [4.69, 9.17) is 0 Å². The number of hydrogen-bond donors (Lipinski definition) is 3. The van der Waals surface area contributed by atoms with E-state index in [0.717, 1.165) is 28.5 Å². The zero-order valence-electron chi connectivity index (χ0n) is 23.4. The lowest BCUT2D eigenvalue weighted by Crippen LogP contribution is -2.50. The van der Waals surface area contributed by atoms with Crippen molar-refractivity contribution in [3.05, 3.63) is 65.4 Å². The molecule has 1 amide bonds. The summed E-state index contributed by atoms with van der Waals surface area (Å²) in [5.74, 6) is -3.10. The molecule has 41 heavy (non-hydrogen) atoms. The maximum atomic E-state index is 13.7. The van der Waals surface area contributed by atoms with Crippen molar-refractivity contribution in [1.82, 2.24) is 15.2 Å². The molecule has 11 heteroatoms. The van der Waals surface area contributed by atoms with Crippen LogP contribution in [0.3, 0.4) is 0 Å². The minimum absolute atomic E-state index is 0.0381. The maximum absolute atomic E-state index is 13.7. The first kappa shape index (κ1) is 29.5. The zero-order valence-corrected chi connectivity index (χ0v) is 24.3. The number of aromatic nitrogens is 1. The van der Waals surface area contributed by atoms with Crippen LogP contribution in [0.1, 0.15) is 54.1 Å². The molecule has 1 aliphatic carbocycles. The fraction of sp³-hybridized carbons (Fsp3) is 0.500. The van der Waals surface area contributed by atoms with Gasteiger partial charge in [-0.25, -0.2) is 17.2 Å². The summed E-state index contributed by atoms with van der Waals surface area (Å²) in [6.45, 7) is 2.49. The number of nitrogens with one attached hydrogen (secondary N) is 2. The first-order valence-corrected chi connectivity index (χ1v) is 15.8. The summed E-state index contributed by atoms with van der Waals surface area (Å²) in [4.78, 5) is 13.7. The third kappa shape index (κ3) is 6.42. The van der Waals surface area contributed by atoms with Crippen molar-refractivity contribution in [1.29, 1.82) is 0 Å². The summed E-state index contributed by atoms with van der Waals surface area (Å²) in [5, 5.41) is 18.2. The Bertz CT molecular complexity index is 1500. The molecule has 2 aromatic carbocycles. The molecule has 0 spiro atoms. The predicted octanol–water partition coefficient (Wildman–Crippen LogP) is 3.85. The third-order valence-corrected chi connectivity index (χ3v) is 10.2. The van der Waals surface area contributed by atoms with Crippen molar-refractivity contribution in [3.63, 3.8) is 0 Å². The number of anilines is 1.